The van der Waals surface area contributed by atoms with Crippen molar-refractivity contribution in [1.29, 1.82) is 0 Å². The largest absolute Gasteiger partial charge is 0.320 e. The second kappa shape index (κ2) is 4.82. The van der Waals surface area contributed by atoms with E-state index in [1.54, 1.807) is 0 Å². The summed E-state index contributed by atoms with van der Waals surface area (Å²) in [4.78, 5) is 0. The number of rotatable bonds is 2. The Bertz CT molecular complexity index is 523. The Morgan fingerprint density at radius 1 is 1.12 bits per heavy atom. The monoisotopic (exact) mass is 247 g/mol. The first-order chi connectivity index (χ1) is 8.08. The van der Waals surface area contributed by atoms with E-state index in [-0.39, 0.29) is 6.04 Å². The Morgan fingerprint density at radius 3 is 2.41 bits per heavy atom. The van der Waals surface area contributed by atoms with Crippen molar-refractivity contribution >= 4 is 11.6 Å². The van der Waals surface area contributed by atoms with Crippen LogP contribution < -0.4 is 5.73 Å². The molecule has 0 radical (unpaired) electrons. The molecule has 1 aromatic carbocycles. The summed E-state index contributed by atoms with van der Waals surface area (Å²) in [6.45, 7) is 3.82. The summed E-state index contributed by atoms with van der Waals surface area (Å²) in [5.41, 5.74) is 9.97. The van der Waals surface area contributed by atoms with Crippen LogP contribution in [0.3, 0.4) is 0 Å². The molecule has 0 fully saturated rings. The van der Waals surface area contributed by atoms with Crippen LogP contribution in [0.15, 0.2) is 30.3 Å². The molecule has 0 spiro atoms. The van der Waals surface area contributed by atoms with Crippen LogP contribution in [0.5, 0.6) is 0 Å². The molecule has 0 saturated heterocycles. The van der Waals surface area contributed by atoms with Crippen LogP contribution in [0.4, 0.5) is 0 Å². The second-order valence-corrected chi connectivity index (χ2v) is 4.49. The van der Waals surface area contributed by atoms with Crippen molar-refractivity contribution in [2.45, 2.75) is 19.9 Å². The highest BCUT2D eigenvalue weighted by molar-refractivity contribution is 6.30. The van der Waals surface area contributed by atoms with Crippen LogP contribution in [0.2, 0.25) is 5.02 Å². The first-order valence-corrected chi connectivity index (χ1v) is 5.77. The Labute approximate surface area is 106 Å². The SMILES string of the molecule is Cc1cc(C(N)c2ccc(Cl)cc2)c(C)nn1. The Hall–Kier alpha value is -1.45. The maximum atomic E-state index is 6.23. The lowest BCUT2D eigenvalue weighted by atomic mass is 9.98. The lowest BCUT2D eigenvalue weighted by molar-refractivity contribution is 0.813. The number of hydrogen-bond donors (Lipinski definition) is 1. The molecule has 2 N–H and O–H groups in total. The highest BCUT2D eigenvalue weighted by atomic mass is 35.5. The lowest BCUT2D eigenvalue weighted by Gasteiger charge is -2.14. The van der Waals surface area contributed by atoms with Gasteiger partial charge in [0.05, 0.1) is 17.4 Å². The van der Waals surface area contributed by atoms with Crippen molar-refractivity contribution in [3.63, 3.8) is 0 Å². The summed E-state index contributed by atoms with van der Waals surface area (Å²) in [6, 6.07) is 9.33. The molecule has 0 aliphatic rings. The molecule has 88 valence electrons. The molecule has 0 amide bonds. The summed E-state index contributed by atoms with van der Waals surface area (Å²) in [5, 5.41) is 8.80. The molecular weight excluding hydrogens is 234 g/mol. The van der Waals surface area contributed by atoms with Crippen molar-refractivity contribution in [3.8, 4) is 0 Å². The Morgan fingerprint density at radius 2 is 1.76 bits per heavy atom. The number of halogens is 1. The molecule has 2 aromatic rings. The molecule has 0 bridgehead atoms. The minimum Gasteiger partial charge on any atom is -0.320 e. The number of hydrogen-bond acceptors (Lipinski definition) is 3. The maximum absolute atomic E-state index is 6.23. The van der Waals surface area contributed by atoms with Gasteiger partial charge >= 0.3 is 0 Å². The van der Waals surface area contributed by atoms with Crippen LogP contribution in [-0.4, -0.2) is 10.2 Å². The minimum absolute atomic E-state index is 0.193. The van der Waals surface area contributed by atoms with Crippen LogP contribution in [-0.2, 0) is 0 Å². The fourth-order valence-electron chi connectivity index (χ4n) is 1.73. The van der Waals surface area contributed by atoms with E-state index in [0.717, 1.165) is 22.5 Å². The molecule has 0 aliphatic heterocycles. The average molecular weight is 248 g/mol. The van der Waals surface area contributed by atoms with Gasteiger partial charge in [-0.2, -0.15) is 10.2 Å². The van der Waals surface area contributed by atoms with Gasteiger partial charge in [0.15, 0.2) is 0 Å². The molecule has 0 aliphatic carbocycles. The van der Waals surface area contributed by atoms with Crippen molar-refractivity contribution in [3.05, 3.63) is 57.9 Å². The van der Waals surface area contributed by atoms with Crippen molar-refractivity contribution < 1.29 is 0 Å². The summed E-state index contributed by atoms with van der Waals surface area (Å²) in [5.74, 6) is 0. The molecule has 1 aromatic heterocycles. The van der Waals surface area contributed by atoms with Gasteiger partial charge in [0.25, 0.3) is 0 Å². The van der Waals surface area contributed by atoms with Crippen molar-refractivity contribution in [1.82, 2.24) is 10.2 Å². The molecule has 1 heterocycles. The van der Waals surface area contributed by atoms with E-state index in [2.05, 4.69) is 10.2 Å². The number of nitrogens with two attached hydrogens (primary N) is 1. The van der Waals surface area contributed by atoms with Crippen LogP contribution in [0, 0.1) is 13.8 Å². The number of aromatic nitrogens is 2. The third kappa shape index (κ3) is 2.62. The summed E-state index contributed by atoms with van der Waals surface area (Å²) in [6.07, 6.45) is 0. The standard InChI is InChI=1S/C13H14ClN3/c1-8-7-12(9(2)17-16-8)13(15)10-3-5-11(14)6-4-10/h3-7,13H,15H2,1-2H3. The smallest absolute Gasteiger partial charge is 0.0651 e. The van der Waals surface area contributed by atoms with Gasteiger partial charge in [-0.25, -0.2) is 0 Å². The molecule has 2 rings (SSSR count). The topological polar surface area (TPSA) is 51.8 Å². The van der Waals surface area contributed by atoms with Crippen molar-refractivity contribution in [2.24, 2.45) is 5.73 Å². The van der Waals surface area contributed by atoms with Gasteiger partial charge in [0, 0.05) is 5.02 Å². The first-order valence-electron chi connectivity index (χ1n) is 5.40. The fourth-order valence-corrected chi connectivity index (χ4v) is 1.86. The van der Waals surface area contributed by atoms with E-state index in [4.69, 9.17) is 17.3 Å². The van der Waals surface area contributed by atoms with Crippen LogP contribution in [0.25, 0.3) is 0 Å². The Balaban J connectivity index is 2.39. The summed E-state index contributed by atoms with van der Waals surface area (Å²) >= 11 is 5.86. The third-order valence-electron chi connectivity index (χ3n) is 2.70. The van der Waals surface area contributed by atoms with E-state index in [0.29, 0.717) is 5.02 Å². The molecule has 4 heteroatoms. The zero-order valence-corrected chi connectivity index (χ0v) is 10.6. The number of benzene rings is 1. The average Bonchev–Trinajstić information content (AvgIpc) is 2.32. The Kier molecular flexibility index (Phi) is 3.41. The fraction of sp³-hybridized carbons (Fsp3) is 0.231. The summed E-state index contributed by atoms with van der Waals surface area (Å²) < 4.78 is 0. The molecule has 3 nitrogen and oxygen atoms in total. The highest BCUT2D eigenvalue weighted by Crippen LogP contribution is 2.23. The zero-order chi connectivity index (χ0) is 12.4. The van der Waals surface area contributed by atoms with E-state index in [1.807, 2.05) is 44.2 Å². The van der Waals surface area contributed by atoms with Crippen LogP contribution in [0.1, 0.15) is 28.6 Å². The highest BCUT2D eigenvalue weighted by Gasteiger charge is 2.12. The van der Waals surface area contributed by atoms with E-state index in [9.17, 15) is 0 Å². The van der Waals surface area contributed by atoms with E-state index in [1.165, 1.54) is 0 Å². The van der Waals surface area contributed by atoms with Gasteiger partial charge in [-0.3, -0.25) is 0 Å². The normalized spacial score (nSPS) is 12.5. The van der Waals surface area contributed by atoms with Gasteiger partial charge < -0.3 is 5.73 Å². The van der Waals surface area contributed by atoms with E-state index < -0.39 is 0 Å². The lowest BCUT2D eigenvalue weighted by Crippen LogP contribution is -2.14. The predicted octanol–water partition coefficient (Wildman–Crippen LogP) is 2.79. The van der Waals surface area contributed by atoms with Gasteiger partial charge in [-0.1, -0.05) is 23.7 Å². The quantitative estimate of drug-likeness (QED) is 0.888. The van der Waals surface area contributed by atoms with Gasteiger partial charge in [-0.05, 0) is 43.2 Å². The number of aryl methyl sites for hydroxylation is 2. The molecular formula is C13H14ClN3. The maximum Gasteiger partial charge on any atom is 0.0651 e. The summed E-state index contributed by atoms with van der Waals surface area (Å²) in [7, 11) is 0. The van der Waals surface area contributed by atoms with Crippen LogP contribution >= 0.6 is 11.6 Å². The number of nitrogens with zero attached hydrogens (tertiary/aromatic N) is 2. The van der Waals surface area contributed by atoms with Gasteiger partial charge in [0.2, 0.25) is 0 Å². The minimum atomic E-state index is -0.193. The van der Waals surface area contributed by atoms with E-state index >= 15 is 0 Å². The van der Waals surface area contributed by atoms with Crippen molar-refractivity contribution in [2.75, 3.05) is 0 Å². The second-order valence-electron chi connectivity index (χ2n) is 4.06. The van der Waals surface area contributed by atoms with Gasteiger partial charge in [0.1, 0.15) is 0 Å². The zero-order valence-electron chi connectivity index (χ0n) is 9.81. The molecule has 1 unspecified atom stereocenters. The predicted molar refractivity (Wildman–Crippen MR) is 69.0 cm³/mol. The third-order valence-corrected chi connectivity index (χ3v) is 2.96. The first kappa shape index (κ1) is 12.0. The molecule has 0 saturated carbocycles. The molecule has 1 atom stereocenters. The van der Waals surface area contributed by atoms with Gasteiger partial charge in [-0.15, -0.1) is 0 Å². The molecule has 17 heavy (non-hydrogen) atoms.